The highest BCUT2D eigenvalue weighted by molar-refractivity contribution is 6.30. The molecule has 0 unspecified atom stereocenters. The number of nitrogens with zero attached hydrogens (tertiary/aromatic N) is 8. The smallest absolute Gasteiger partial charge is 0.246 e. The Bertz CT molecular complexity index is 3200. The van der Waals surface area contributed by atoms with E-state index in [0.717, 1.165) is 30.7 Å². The highest BCUT2D eigenvalue weighted by Crippen LogP contribution is 2.23. The predicted octanol–water partition coefficient (Wildman–Crippen LogP) is 3.87. The largest absolute Gasteiger partial charge is 0.343 e. The second kappa shape index (κ2) is 36.6. The number of nitrogens with one attached hydrogen (secondary N) is 4. The summed E-state index contributed by atoms with van der Waals surface area (Å²) in [6, 6.07) is 13.0. The lowest BCUT2D eigenvalue weighted by Gasteiger charge is -2.37. The van der Waals surface area contributed by atoms with Gasteiger partial charge < -0.3 is 60.5 Å². The van der Waals surface area contributed by atoms with Crippen LogP contribution in [0.3, 0.4) is 0 Å². The summed E-state index contributed by atoms with van der Waals surface area (Å²) in [6.07, 6.45) is 1.65. The van der Waals surface area contributed by atoms with Crippen LogP contribution in [0.25, 0.3) is 0 Å². The third-order valence-electron chi connectivity index (χ3n) is 18.3. The van der Waals surface area contributed by atoms with Crippen LogP contribution >= 0.6 is 11.6 Å². The number of likely N-dealkylation sites (N-methyl/N-ethyl adjacent to an activating group) is 7. The molecule has 2 aliphatic heterocycles. The number of benzene rings is 3. The number of carbonyl (C=O) groups excluding carboxylic acids is 12. The second-order valence-corrected chi connectivity index (χ2v) is 27.4. The van der Waals surface area contributed by atoms with E-state index in [1.165, 1.54) is 71.0 Å². The third kappa shape index (κ3) is 22.3. The molecule has 9 atom stereocenters. The summed E-state index contributed by atoms with van der Waals surface area (Å²) in [4.78, 5) is 186. The van der Waals surface area contributed by atoms with Gasteiger partial charge in [0.05, 0.1) is 26.1 Å². The number of hydrogen-bond acceptors (Lipinski definition) is 12. The number of rotatable bonds is 14. The first kappa shape index (κ1) is 78.3. The molecule has 3 aromatic carbocycles. The van der Waals surface area contributed by atoms with Crippen LogP contribution in [0.2, 0.25) is 5.02 Å². The number of halogens is 1. The fraction of sp³-hybridized carbons (Fsp3) is 0.577. The lowest BCUT2D eigenvalue weighted by Crippen LogP contribution is -2.61. The first-order chi connectivity index (χ1) is 45.2. The number of hydrogen-bond donors (Lipinski definition) is 4. The number of carbonyl (C=O) groups is 12. The normalized spacial score (nSPS) is 23.8. The summed E-state index contributed by atoms with van der Waals surface area (Å²) in [5.41, 5.74) is 3.14. The standard InChI is InChI=1S/C71H103ClN12O12/c1-16-47(7)63-71(96)79(11)42-61(87)77(9)43-62(88)81(13)57(39-51-28-31-52(72)32-29-51)69(94)78(10)41-59(85)73-53(33-30-49-26-24-46(6)25-27-49)65(90)74-54(36-44(2)3)67(92)83(15)58(38-50-22-18-17-19-23-50)70(95)82(14)56(37-45(4)5)66(91)75-55(68(93)84-34-20-21-35-84)40-60(86)80(12)48(8)64(89)76-63/h17-19,22-29,31-32,44-45,47-48,53-58,63H,16,20-21,30,33-43H2,1-15H3,(H,73,85)(H,74,90)(H,75,91)(H,76,89)/t47-,48-,53-,54-,55-,56-,57-,58-,63-/m0/s1. The molecule has 0 saturated carbocycles. The van der Waals surface area contributed by atoms with Crippen molar-refractivity contribution in [2.45, 2.75) is 168 Å². The maximum Gasteiger partial charge on any atom is 0.246 e. The van der Waals surface area contributed by atoms with Gasteiger partial charge in [0.2, 0.25) is 70.9 Å². The summed E-state index contributed by atoms with van der Waals surface area (Å²) < 4.78 is 0. The van der Waals surface area contributed by atoms with Gasteiger partial charge in [0.15, 0.2) is 0 Å². The van der Waals surface area contributed by atoms with E-state index in [4.69, 9.17) is 11.6 Å². The monoisotopic (exact) mass is 1350 g/mol. The highest BCUT2D eigenvalue weighted by atomic mass is 35.5. The van der Waals surface area contributed by atoms with Crippen molar-refractivity contribution in [1.29, 1.82) is 0 Å². The van der Waals surface area contributed by atoms with E-state index in [9.17, 15) is 43.2 Å². The Balaban J connectivity index is 1.62. The van der Waals surface area contributed by atoms with Gasteiger partial charge in [-0.2, -0.15) is 0 Å². The topological polar surface area (TPSA) is 279 Å². The van der Waals surface area contributed by atoms with E-state index in [1.54, 1.807) is 66.4 Å². The Kier molecular flexibility index (Phi) is 29.9. The zero-order chi connectivity index (χ0) is 71.4. The molecule has 2 aliphatic rings. The Labute approximate surface area is 571 Å². The molecule has 3 aromatic rings. The molecule has 526 valence electrons. The molecule has 25 heteroatoms. The zero-order valence-electron chi connectivity index (χ0n) is 58.8. The van der Waals surface area contributed by atoms with E-state index in [-0.39, 0.29) is 43.9 Å². The fourth-order valence-electron chi connectivity index (χ4n) is 11.7. The molecule has 0 radical (unpaired) electrons. The van der Waals surface area contributed by atoms with Gasteiger partial charge in [-0.25, -0.2) is 0 Å². The van der Waals surface area contributed by atoms with Crippen LogP contribution in [0.15, 0.2) is 78.9 Å². The van der Waals surface area contributed by atoms with E-state index >= 15 is 14.4 Å². The highest BCUT2D eigenvalue weighted by Gasteiger charge is 2.42. The third-order valence-corrected chi connectivity index (χ3v) is 18.6. The van der Waals surface area contributed by atoms with Crippen molar-refractivity contribution in [3.8, 4) is 0 Å². The molecule has 0 aromatic heterocycles. The van der Waals surface area contributed by atoms with E-state index in [0.29, 0.717) is 54.9 Å². The minimum atomic E-state index is -1.45. The summed E-state index contributed by atoms with van der Waals surface area (Å²) in [5.74, 6) is -9.01. The molecule has 24 nitrogen and oxygen atoms in total. The second-order valence-electron chi connectivity index (χ2n) is 26.9. The van der Waals surface area contributed by atoms with E-state index in [2.05, 4.69) is 21.3 Å². The zero-order valence-corrected chi connectivity index (χ0v) is 59.6. The lowest BCUT2D eigenvalue weighted by atomic mass is 9.97. The Morgan fingerprint density at radius 3 is 1.65 bits per heavy atom. The summed E-state index contributed by atoms with van der Waals surface area (Å²) >= 11 is 6.24. The van der Waals surface area contributed by atoms with Crippen LogP contribution in [0.1, 0.15) is 116 Å². The number of amides is 12. The van der Waals surface area contributed by atoms with Crippen molar-refractivity contribution in [2.75, 3.05) is 82.1 Å². The molecule has 2 heterocycles. The average Bonchev–Trinajstić information content (AvgIpc) is 1.14. The number of aryl methyl sites for hydroxylation is 2. The first-order valence-corrected chi connectivity index (χ1v) is 33.7. The summed E-state index contributed by atoms with van der Waals surface area (Å²) in [7, 11) is 9.78. The van der Waals surface area contributed by atoms with Gasteiger partial charge in [-0.3, -0.25) is 57.5 Å². The minimum absolute atomic E-state index is 0.0288. The average molecular weight is 1350 g/mol. The quantitative estimate of drug-likeness (QED) is 0.179. The van der Waals surface area contributed by atoms with Crippen LogP contribution in [0, 0.1) is 24.7 Å². The molecule has 2 saturated heterocycles. The fourth-order valence-corrected chi connectivity index (χ4v) is 11.9. The van der Waals surface area contributed by atoms with Crippen molar-refractivity contribution in [2.24, 2.45) is 17.8 Å². The van der Waals surface area contributed by atoms with Gasteiger partial charge in [0.1, 0.15) is 48.3 Å². The summed E-state index contributed by atoms with van der Waals surface area (Å²) in [6.45, 7) is 13.5. The van der Waals surface area contributed by atoms with Crippen molar-refractivity contribution < 1.29 is 57.5 Å². The van der Waals surface area contributed by atoms with Gasteiger partial charge in [0.25, 0.3) is 0 Å². The molecule has 96 heavy (non-hydrogen) atoms. The predicted molar refractivity (Wildman–Crippen MR) is 366 cm³/mol. The van der Waals surface area contributed by atoms with Gasteiger partial charge in [-0.15, -0.1) is 0 Å². The Hall–Kier alpha value is -8.41. The number of likely N-dealkylation sites (tertiary alicyclic amines) is 1. The van der Waals surface area contributed by atoms with Crippen LogP contribution in [-0.2, 0) is 76.8 Å². The molecule has 12 amide bonds. The van der Waals surface area contributed by atoms with E-state index < -0.39 is 151 Å². The van der Waals surface area contributed by atoms with Crippen LogP contribution in [-0.4, -0.2) is 240 Å². The van der Waals surface area contributed by atoms with Gasteiger partial charge in [-0.1, -0.05) is 132 Å². The van der Waals surface area contributed by atoms with Crippen molar-refractivity contribution >= 4 is 82.5 Å². The lowest BCUT2D eigenvalue weighted by molar-refractivity contribution is -0.150. The maximum atomic E-state index is 15.5. The molecular formula is C71H103ClN12O12. The van der Waals surface area contributed by atoms with Crippen LogP contribution < -0.4 is 21.3 Å². The molecular weight excluding hydrogens is 1250 g/mol. The summed E-state index contributed by atoms with van der Waals surface area (Å²) in [5, 5.41) is 11.8. The maximum absolute atomic E-state index is 15.5. The van der Waals surface area contributed by atoms with E-state index in [1.807, 2.05) is 65.8 Å². The van der Waals surface area contributed by atoms with Crippen molar-refractivity contribution in [1.82, 2.24) is 60.5 Å². The first-order valence-electron chi connectivity index (χ1n) is 33.3. The molecule has 2 fully saturated rings. The molecule has 4 N–H and O–H groups in total. The molecule has 0 aliphatic carbocycles. The Morgan fingerprint density at radius 2 is 1.06 bits per heavy atom. The molecule has 0 bridgehead atoms. The molecule has 5 rings (SSSR count). The van der Waals surface area contributed by atoms with Crippen molar-refractivity contribution in [3.63, 3.8) is 0 Å². The van der Waals surface area contributed by atoms with Gasteiger partial charge in [0, 0.05) is 80.3 Å². The van der Waals surface area contributed by atoms with Crippen LogP contribution in [0.4, 0.5) is 0 Å². The van der Waals surface area contributed by atoms with Gasteiger partial charge in [-0.05, 0) is 98.9 Å². The SMILES string of the molecule is CC[C@H](C)[C@@H]1NC(=O)[C@H](C)N(C)C(=O)C[C@@H](C(=O)N2CCCC2)NC(=O)[C@H](CC(C)C)N(C)C(=O)[C@H](Cc2ccccc2)N(C)C(=O)[C@H](CC(C)C)NC(=O)[C@H](CCc2ccc(C)cc2)NC(=O)CN(C)C(=O)[C@H](Cc2ccc(Cl)cc2)N(C)C(=O)CN(C)C(=O)CN(C)C1=O. The minimum Gasteiger partial charge on any atom is -0.343 e. The van der Waals surface area contributed by atoms with Crippen molar-refractivity contribution in [3.05, 3.63) is 106 Å². The van der Waals surface area contributed by atoms with Crippen LogP contribution in [0.5, 0.6) is 0 Å². The Morgan fingerprint density at radius 1 is 0.521 bits per heavy atom. The molecule has 0 spiro atoms. The van der Waals surface area contributed by atoms with Gasteiger partial charge >= 0.3 is 0 Å².